The molecular formula is C17H24F2. The summed E-state index contributed by atoms with van der Waals surface area (Å²) in [4.78, 5) is 0. The Kier molecular flexibility index (Phi) is 5.35. The molecule has 0 saturated heterocycles. The van der Waals surface area contributed by atoms with Crippen molar-refractivity contribution in [3.63, 3.8) is 0 Å². The maximum Gasteiger partial charge on any atom is 0.126 e. The van der Waals surface area contributed by atoms with E-state index in [0.717, 1.165) is 49.7 Å². The summed E-state index contributed by atoms with van der Waals surface area (Å²) >= 11 is 0. The lowest BCUT2D eigenvalue weighted by molar-refractivity contribution is 0.281. The van der Waals surface area contributed by atoms with Crippen molar-refractivity contribution >= 4 is 0 Å². The highest BCUT2D eigenvalue weighted by Gasteiger charge is 2.24. The van der Waals surface area contributed by atoms with Crippen molar-refractivity contribution in [1.82, 2.24) is 0 Å². The summed E-state index contributed by atoms with van der Waals surface area (Å²) in [6.07, 6.45) is 6.79. The Labute approximate surface area is 115 Å². The minimum atomic E-state index is -0.213. The zero-order chi connectivity index (χ0) is 13.7. The van der Waals surface area contributed by atoms with Crippen LogP contribution in [-0.2, 0) is 6.42 Å². The number of hydrogen-bond donors (Lipinski definition) is 0. The van der Waals surface area contributed by atoms with E-state index in [9.17, 15) is 8.78 Å². The third-order valence-electron chi connectivity index (χ3n) is 4.41. The zero-order valence-electron chi connectivity index (χ0n) is 11.8. The molecule has 1 aromatic carbocycles. The lowest BCUT2D eigenvalue weighted by Gasteiger charge is -2.28. The van der Waals surface area contributed by atoms with Crippen LogP contribution in [0.15, 0.2) is 18.2 Å². The van der Waals surface area contributed by atoms with Crippen molar-refractivity contribution in [2.75, 3.05) is 6.67 Å². The first-order valence-electron chi connectivity index (χ1n) is 7.58. The average molecular weight is 266 g/mol. The van der Waals surface area contributed by atoms with Gasteiger partial charge >= 0.3 is 0 Å². The van der Waals surface area contributed by atoms with E-state index in [1.54, 1.807) is 6.07 Å². The monoisotopic (exact) mass is 266 g/mol. The molecule has 2 rings (SSSR count). The summed E-state index contributed by atoms with van der Waals surface area (Å²) < 4.78 is 26.5. The summed E-state index contributed by atoms with van der Waals surface area (Å²) in [7, 11) is 0. The van der Waals surface area contributed by atoms with Crippen molar-refractivity contribution in [3.05, 3.63) is 35.1 Å². The van der Waals surface area contributed by atoms with Crippen LogP contribution >= 0.6 is 0 Å². The van der Waals surface area contributed by atoms with Crippen molar-refractivity contribution < 1.29 is 8.78 Å². The van der Waals surface area contributed by atoms with Gasteiger partial charge in [0.2, 0.25) is 0 Å². The number of benzene rings is 1. The largest absolute Gasteiger partial charge is 0.251 e. The predicted molar refractivity (Wildman–Crippen MR) is 75.7 cm³/mol. The van der Waals surface area contributed by atoms with Gasteiger partial charge in [-0.05, 0) is 67.6 Å². The molecule has 0 spiro atoms. The average Bonchev–Trinajstić information content (AvgIpc) is 2.41. The van der Waals surface area contributed by atoms with Crippen LogP contribution in [0.25, 0.3) is 0 Å². The lowest BCUT2D eigenvalue weighted by atomic mass is 9.77. The van der Waals surface area contributed by atoms with E-state index >= 15 is 0 Å². The highest BCUT2D eigenvalue weighted by Crippen LogP contribution is 2.38. The first-order chi connectivity index (χ1) is 9.24. The van der Waals surface area contributed by atoms with E-state index in [2.05, 4.69) is 13.0 Å². The van der Waals surface area contributed by atoms with E-state index in [-0.39, 0.29) is 12.5 Å². The van der Waals surface area contributed by atoms with Crippen molar-refractivity contribution in [2.24, 2.45) is 5.92 Å². The summed E-state index contributed by atoms with van der Waals surface area (Å²) in [5.74, 6) is 0.815. The molecule has 0 aromatic heterocycles. The topological polar surface area (TPSA) is 0 Å². The van der Waals surface area contributed by atoms with Crippen LogP contribution in [0.3, 0.4) is 0 Å². The van der Waals surface area contributed by atoms with E-state index in [0.29, 0.717) is 18.3 Å². The number of alkyl halides is 1. The number of aryl methyl sites for hydroxylation is 1. The molecule has 1 fully saturated rings. The lowest BCUT2D eigenvalue weighted by Crippen LogP contribution is -2.15. The van der Waals surface area contributed by atoms with Crippen molar-refractivity contribution in [1.29, 1.82) is 0 Å². The first kappa shape index (κ1) is 14.5. The fourth-order valence-electron chi connectivity index (χ4n) is 3.26. The molecule has 1 aromatic rings. The van der Waals surface area contributed by atoms with Crippen LogP contribution in [0.4, 0.5) is 8.78 Å². The molecule has 0 N–H and O–H groups in total. The molecule has 0 heterocycles. The van der Waals surface area contributed by atoms with Gasteiger partial charge in [-0.15, -0.1) is 0 Å². The fourth-order valence-corrected chi connectivity index (χ4v) is 3.26. The molecule has 0 atom stereocenters. The van der Waals surface area contributed by atoms with Gasteiger partial charge in [0.05, 0.1) is 6.67 Å². The van der Waals surface area contributed by atoms with E-state index in [1.165, 1.54) is 0 Å². The van der Waals surface area contributed by atoms with Gasteiger partial charge in [-0.25, -0.2) is 4.39 Å². The van der Waals surface area contributed by atoms with Gasteiger partial charge < -0.3 is 0 Å². The first-order valence-corrected chi connectivity index (χ1v) is 7.58. The molecule has 1 saturated carbocycles. The Morgan fingerprint density at radius 2 is 1.89 bits per heavy atom. The Morgan fingerprint density at radius 1 is 1.16 bits per heavy atom. The second-order valence-electron chi connectivity index (χ2n) is 5.80. The third kappa shape index (κ3) is 3.77. The summed E-state index contributed by atoms with van der Waals surface area (Å²) in [6.45, 7) is 1.90. The van der Waals surface area contributed by atoms with Gasteiger partial charge in [0.15, 0.2) is 0 Å². The standard InChI is InChI=1S/C17H24F2/c1-2-3-14-6-9-16(17(19)12-14)15-7-4-13(5-8-15)10-11-18/h6,9,12-13,15H,2-5,7-8,10-11H2,1H3. The second-order valence-corrected chi connectivity index (χ2v) is 5.80. The Bertz CT molecular complexity index is 392. The number of hydrogen-bond acceptors (Lipinski definition) is 0. The molecule has 0 nitrogen and oxygen atoms in total. The Hall–Kier alpha value is -0.920. The second kappa shape index (κ2) is 7.02. The zero-order valence-corrected chi connectivity index (χ0v) is 11.8. The van der Waals surface area contributed by atoms with Gasteiger partial charge in [0.1, 0.15) is 5.82 Å². The highest BCUT2D eigenvalue weighted by atomic mass is 19.1. The van der Waals surface area contributed by atoms with Gasteiger partial charge in [-0.1, -0.05) is 25.5 Å². The quantitative estimate of drug-likeness (QED) is 0.668. The van der Waals surface area contributed by atoms with Gasteiger partial charge in [0.25, 0.3) is 0 Å². The molecule has 1 aliphatic carbocycles. The normalized spacial score (nSPS) is 23.5. The van der Waals surface area contributed by atoms with Crippen molar-refractivity contribution in [2.45, 2.75) is 57.8 Å². The summed E-state index contributed by atoms with van der Waals surface area (Å²) in [5.41, 5.74) is 1.97. The van der Waals surface area contributed by atoms with Crippen molar-refractivity contribution in [3.8, 4) is 0 Å². The molecule has 2 heteroatoms. The molecule has 0 bridgehead atoms. The molecule has 106 valence electrons. The third-order valence-corrected chi connectivity index (χ3v) is 4.41. The Balaban J connectivity index is 1.99. The SMILES string of the molecule is CCCc1ccc(C2CCC(CCF)CC2)c(F)c1. The van der Waals surface area contributed by atoms with Gasteiger partial charge in [-0.3, -0.25) is 4.39 Å². The Morgan fingerprint density at radius 3 is 2.47 bits per heavy atom. The summed E-state index contributed by atoms with van der Waals surface area (Å²) in [6, 6.07) is 5.74. The summed E-state index contributed by atoms with van der Waals surface area (Å²) in [5, 5.41) is 0. The molecule has 0 aliphatic heterocycles. The molecule has 19 heavy (non-hydrogen) atoms. The van der Waals surface area contributed by atoms with E-state index in [1.807, 2.05) is 6.07 Å². The molecule has 0 radical (unpaired) electrons. The minimum absolute atomic E-state index is 0.0418. The van der Waals surface area contributed by atoms with Gasteiger partial charge in [-0.2, -0.15) is 0 Å². The molecule has 0 unspecified atom stereocenters. The van der Waals surface area contributed by atoms with Crippen LogP contribution < -0.4 is 0 Å². The van der Waals surface area contributed by atoms with E-state index < -0.39 is 0 Å². The maximum atomic E-state index is 14.1. The smallest absolute Gasteiger partial charge is 0.126 e. The van der Waals surface area contributed by atoms with Crippen LogP contribution in [0.1, 0.15) is 62.5 Å². The number of halogens is 2. The molecule has 1 aliphatic rings. The van der Waals surface area contributed by atoms with Crippen LogP contribution in [0.2, 0.25) is 0 Å². The highest BCUT2D eigenvalue weighted by molar-refractivity contribution is 5.27. The van der Waals surface area contributed by atoms with Gasteiger partial charge in [0, 0.05) is 0 Å². The number of rotatable bonds is 5. The maximum absolute atomic E-state index is 14.1. The van der Waals surface area contributed by atoms with Crippen LogP contribution in [0, 0.1) is 11.7 Å². The molecule has 0 amide bonds. The fraction of sp³-hybridized carbons (Fsp3) is 0.647. The van der Waals surface area contributed by atoms with E-state index in [4.69, 9.17) is 0 Å². The van der Waals surface area contributed by atoms with Crippen LogP contribution in [-0.4, -0.2) is 6.67 Å². The molecular weight excluding hydrogens is 242 g/mol. The minimum Gasteiger partial charge on any atom is -0.251 e. The predicted octanol–water partition coefficient (Wildman–Crippen LogP) is 5.41. The van der Waals surface area contributed by atoms with Crippen LogP contribution in [0.5, 0.6) is 0 Å².